The number of pyridine rings is 1. The zero-order valence-electron chi connectivity index (χ0n) is 29.7. The van der Waals surface area contributed by atoms with Crippen molar-refractivity contribution in [2.75, 3.05) is 31.6 Å². The molecule has 3 aromatic heterocycles. The smallest absolute Gasteiger partial charge is 0.249 e. The van der Waals surface area contributed by atoms with Crippen LogP contribution in [0.5, 0.6) is 0 Å². The van der Waals surface area contributed by atoms with E-state index < -0.39 is 16.1 Å². The van der Waals surface area contributed by atoms with Gasteiger partial charge in [0, 0.05) is 52.2 Å². The van der Waals surface area contributed by atoms with Gasteiger partial charge in [0.2, 0.25) is 5.69 Å². The highest BCUT2D eigenvalue weighted by Crippen LogP contribution is 2.51. The molecule has 2 atom stereocenters. The van der Waals surface area contributed by atoms with Crippen LogP contribution in [0.25, 0.3) is 32.9 Å². The molecule has 2 unspecified atom stereocenters. The van der Waals surface area contributed by atoms with Crippen LogP contribution in [-0.2, 0) is 9.47 Å². The van der Waals surface area contributed by atoms with Crippen molar-refractivity contribution in [2.45, 2.75) is 89.4 Å². The van der Waals surface area contributed by atoms with E-state index in [2.05, 4.69) is 73.3 Å². The van der Waals surface area contributed by atoms with Crippen LogP contribution in [0, 0.1) is 18.4 Å². The summed E-state index contributed by atoms with van der Waals surface area (Å²) < 4.78 is 14.6. The Morgan fingerprint density at radius 2 is 1.48 bits per heavy atom. The molecule has 48 heavy (non-hydrogen) atoms. The first-order valence-corrected chi connectivity index (χ1v) is 25.1. The Kier molecular flexibility index (Phi) is 10.5. The molecule has 6 rings (SSSR count). The van der Waals surface area contributed by atoms with Gasteiger partial charge in [0.05, 0.1) is 24.2 Å². The molecule has 2 aliphatic carbocycles. The van der Waals surface area contributed by atoms with Crippen LogP contribution in [0.2, 0.25) is 51.4 Å². The number of nitrogens with zero attached hydrogens (tertiary/aromatic N) is 6. The second-order valence-electron chi connectivity index (χ2n) is 16.3. The molecular weight excluding hydrogens is 629 g/mol. The summed E-state index contributed by atoms with van der Waals surface area (Å²) in [5.41, 5.74) is 6.14. The van der Waals surface area contributed by atoms with Gasteiger partial charge in [-0.2, -0.15) is 5.10 Å². The van der Waals surface area contributed by atoms with E-state index in [1.54, 1.807) is 0 Å². The van der Waals surface area contributed by atoms with E-state index in [4.69, 9.17) is 31.1 Å². The first-order valence-electron chi connectivity index (χ1n) is 17.7. The molecule has 2 aliphatic rings. The summed E-state index contributed by atoms with van der Waals surface area (Å²) in [6.45, 7) is 24.8. The summed E-state index contributed by atoms with van der Waals surface area (Å²) in [5, 5.41) is 4.91. The normalized spacial score (nSPS) is 19.5. The number of rotatable bonds is 14. The highest BCUT2D eigenvalue weighted by Gasteiger charge is 2.38. The predicted octanol–water partition coefficient (Wildman–Crippen LogP) is 9.73. The first-order chi connectivity index (χ1) is 23.0. The van der Waals surface area contributed by atoms with E-state index in [9.17, 15) is 0 Å². The van der Waals surface area contributed by atoms with Crippen molar-refractivity contribution in [3.8, 4) is 22.4 Å². The molecule has 254 valence electrons. The molecule has 0 amide bonds. The summed E-state index contributed by atoms with van der Waals surface area (Å²) in [6, 6.07) is 16.6. The molecule has 1 aromatic carbocycles. The van der Waals surface area contributed by atoms with E-state index in [1.807, 2.05) is 35.1 Å². The van der Waals surface area contributed by atoms with Crippen molar-refractivity contribution in [3.63, 3.8) is 0 Å². The number of hydrogen-bond donors (Lipinski definition) is 0. The Morgan fingerprint density at radius 3 is 2.04 bits per heavy atom. The fraction of sp³-hybridized carbons (Fsp3) is 0.526. The largest absolute Gasteiger partial charge is 0.361 e. The van der Waals surface area contributed by atoms with Crippen LogP contribution in [0.15, 0.2) is 54.9 Å². The first kappa shape index (κ1) is 34.5. The van der Waals surface area contributed by atoms with Crippen LogP contribution in [-0.4, -0.2) is 62.4 Å². The number of fused-ring (bicyclic) bond motifs is 3. The van der Waals surface area contributed by atoms with Gasteiger partial charge in [-0.1, -0.05) is 88.5 Å². The fourth-order valence-corrected chi connectivity index (χ4v) is 8.71. The van der Waals surface area contributed by atoms with E-state index >= 15 is 0 Å². The summed E-state index contributed by atoms with van der Waals surface area (Å²) in [5.74, 6) is 2.43. The maximum atomic E-state index is 8.53. The number of aromatic nitrogens is 4. The Bertz CT molecular complexity index is 1690. The number of benzene rings is 1. The lowest BCUT2D eigenvalue weighted by Crippen LogP contribution is -2.33. The van der Waals surface area contributed by atoms with Crippen molar-refractivity contribution in [3.05, 3.63) is 72.0 Å². The Morgan fingerprint density at radius 1 is 0.833 bits per heavy atom. The topological polar surface area (TPSA) is 69.1 Å². The van der Waals surface area contributed by atoms with E-state index in [-0.39, 0.29) is 5.92 Å². The minimum absolute atomic E-state index is 0.257. The molecule has 0 aliphatic heterocycles. The SMILES string of the molecule is [C-]#[N+]c1c(C2CC3CCC(C3)C2)nc2c(-c3ccc(-c4ccccc4)nc3)cnn2c1N(COCC[Si](C)(C)C)COCC[Si](C)(C)C. The molecule has 2 fully saturated rings. The van der Waals surface area contributed by atoms with Gasteiger partial charge in [-0.3, -0.25) is 4.98 Å². The summed E-state index contributed by atoms with van der Waals surface area (Å²) in [4.78, 5) is 16.5. The van der Waals surface area contributed by atoms with E-state index in [0.29, 0.717) is 32.4 Å². The third kappa shape index (κ3) is 8.25. The molecule has 2 saturated carbocycles. The molecule has 0 spiro atoms. The van der Waals surface area contributed by atoms with Gasteiger partial charge in [0.25, 0.3) is 0 Å². The standard InChI is InChI=1S/C38H52N6O2Si2/c1-39-36-35(32-22-28-13-14-29(21-28)23-32)42-37-33(31-15-16-34(40-24-31)30-11-9-8-10-12-30)25-41-44(37)38(36)43(26-45-17-19-47(2,3)4)27-46-18-20-48(5,6)7/h8-12,15-16,24-25,28-29,32H,13-14,17-23,26-27H2,2-7H3. The molecule has 8 nitrogen and oxygen atoms in total. The minimum atomic E-state index is -1.27. The zero-order chi connectivity index (χ0) is 33.9. The number of anilines is 1. The summed E-state index contributed by atoms with van der Waals surface area (Å²) in [7, 11) is -2.55. The lowest BCUT2D eigenvalue weighted by molar-refractivity contribution is 0.0943. The lowest BCUT2D eigenvalue weighted by Gasteiger charge is -2.31. The highest BCUT2D eigenvalue weighted by atomic mass is 28.3. The summed E-state index contributed by atoms with van der Waals surface area (Å²) >= 11 is 0. The van der Waals surface area contributed by atoms with E-state index in [1.165, 1.54) is 19.3 Å². The second kappa shape index (κ2) is 14.6. The van der Waals surface area contributed by atoms with Crippen LogP contribution in [0.4, 0.5) is 11.5 Å². The van der Waals surface area contributed by atoms with E-state index in [0.717, 1.165) is 76.3 Å². The third-order valence-corrected chi connectivity index (χ3v) is 13.3. The Balaban J connectivity index is 1.42. The van der Waals surface area contributed by atoms with Crippen molar-refractivity contribution < 1.29 is 9.47 Å². The van der Waals surface area contributed by atoms with Gasteiger partial charge in [0.15, 0.2) is 5.65 Å². The van der Waals surface area contributed by atoms with Gasteiger partial charge in [-0.05, 0) is 55.2 Å². The summed E-state index contributed by atoms with van der Waals surface area (Å²) in [6.07, 6.45) is 9.89. The van der Waals surface area contributed by atoms with Gasteiger partial charge < -0.3 is 14.4 Å². The van der Waals surface area contributed by atoms with Gasteiger partial charge in [-0.15, -0.1) is 0 Å². The molecule has 0 saturated heterocycles. The fourth-order valence-electron chi connectivity index (χ4n) is 7.20. The molecule has 0 N–H and O–H groups in total. The van der Waals surface area contributed by atoms with Crippen LogP contribution < -0.4 is 4.90 Å². The second-order valence-corrected chi connectivity index (χ2v) is 27.6. The quantitative estimate of drug-likeness (QED) is 0.0572. The highest BCUT2D eigenvalue weighted by molar-refractivity contribution is 6.76. The number of hydrogen-bond acceptors (Lipinski definition) is 6. The molecule has 0 radical (unpaired) electrons. The van der Waals surface area contributed by atoms with Crippen molar-refractivity contribution in [1.29, 1.82) is 0 Å². The van der Waals surface area contributed by atoms with Gasteiger partial charge >= 0.3 is 0 Å². The van der Waals surface area contributed by atoms with Crippen molar-refractivity contribution >= 4 is 33.3 Å². The Labute approximate surface area is 288 Å². The number of ether oxygens (including phenoxy) is 2. The van der Waals surface area contributed by atoms with Gasteiger partial charge in [0.1, 0.15) is 19.3 Å². The third-order valence-electron chi connectivity index (χ3n) is 9.94. The van der Waals surface area contributed by atoms with Crippen molar-refractivity contribution in [1.82, 2.24) is 19.6 Å². The Hall–Kier alpha value is -3.37. The zero-order valence-corrected chi connectivity index (χ0v) is 31.7. The molecule has 3 heterocycles. The molecule has 2 bridgehead atoms. The van der Waals surface area contributed by atoms with Crippen LogP contribution >= 0.6 is 0 Å². The molecule has 10 heteroatoms. The molecular formula is C38H52N6O2Si2. The maximum Gasteiger partial charge on any atom is 0.249 e. The maximum absolute atomic E-state index is 8.53. The predicted molar refractivity (Wildman–Crippen MR) is 201 cm³/mol. The van der Waals surface area contributed by atoms with Gasteiger partial charge in [-0.25, -0.2) is 14.3 Å². The average molecular weight is 681 g/mol. The lowest BCUT2D eigenvalue weighted by atomic mass is 9.79. The van der Waals surface area contributed by atoms with Crippen LogP contribution in [0.1, 0.15) is 43.7 Å². The van der Waals surface area contributed by atoms with Crippen molar-refractivity contribution in [2.24, 2.45) is 11.8 Å². The molecule has 4 aromatic rings. The minimum Gasteiger partial charge on any atom is -0.361 e. The monoisotopic (exact) mass is 680 g/mol. The average Bonchev–Trinajstić information content (AvgIpc) is 3.64. The van der Waals surface area contributed by atoms with Crippen LogP contribution in [0.3, 0.4) is 0 Å².